The average molecular weight is 451 g/mol. The molecule has 0 atom stereocenters. The molecule has 1 saturated carbocycles. The highest BCUT2D eigenvalue weighted by Gasteiger charge is 2.47. The molecule has 7 nitrogen and oxygen atoms in total. The summed E-state index contributed by atoms with van der Waals surface area (Å²) < 4.78 is 5.53. The van der Waals surface area contributed by atoms with Crippen molar-refractivity contribution >= 4 is 18.0 Å². The Bertz CT molecular complexity index is 1030. The van der Waals surface area contributed by atoms with Crippen LogP contribution in [-0.4, -0.2) is 41.8 Å². The van der Waals surface area contributed by atoms with Gasteiger partial charge in [0.15, 0.2) is 0 Å². The Morgan fingerprint density at radius 3 is 2.12 bits per heavy atom. The van der Waals surface area contributed by atoms with E-state index in [9.17, 15) is 19.5 Å². The molecule has 2 amide bonds. The highest BCUT2D eigenvalue weighted by Crippen LogP contribution is 2.44. The first-order chi connectivity index (χ1) is 15.7. The van der Waals surface area contributed by atoms with Crippen LogP contribution in [0.5, 0.6) is 0 Å². The normalized spacial score (nSPS) is 16.2. The molecule has 0 bridgehead atoms. The third-order valence-electron chi connectivity index (χ3n) is 6.95. The molecule has 2 aromatic rings. The molecule has 0 unspecified atom stereocenters. The van der Waals surface area contributed by atoms with Gasteiger partial charge in [0.1, 0.15) is 12.1 Å². The Hall–Kier alpha value is -3.35. The van der Waals surface area contributed by atoms with Gasteiger partial charge >= 0.3 is 12.1 Å². The van der Waals surface area contributed by atoms with E-state index in [0.29, 0.717) is 19.3 Å². The summed E-state index contributed by atoms with van der Waals surface area (Å²) in [5.41, 5.74) is 2.66. The number of fused-ring (bicyclic) bond motifs is 3. The molecule has 0 saturated heterocycles. The van der Waals surface area contributed by atoms with Gasteiger partial charge in [-0.3, -0.25) is 4.79 Å². The number of alkyl carbamates (subject to hydrolysis) is 1. The van der Waals surface area contributed by atoms with E-state index >= 15 is 0 Å². The summed E-state index contributed by atoms with van der Waals surface area (Å²) in [7, 11) is 0. The van der Waals surface area contributed by atoms with Crippen molar-refractivity contribution in [2.24, 2.45) is 5.41 Å². The Balaban J connectivity index is 1.28. The van der Waals surface area contributed by atoms with E-state index in [1.54, 1.807) is 13.8 Å². The maximum absolute atomic E-state index is 12.7. The third-order valence-corrected chi connectivity index (χ3v) is 6.95. The molecule has 7 heteroatoms. The lowest BCUT2D eigenvalue weighted by molar-refractivity contribution is -0.153. The van der Waals surface area contributed by atoms with Crippen molar-refractivity contribution in [3.8, 4) is 11.1 Å². The molecule has 0 aliphatic heterocycles. The van der Waals surface area contributed by atoms with Gasteiger partial charge in [-0.25, -0.2) is 9.59 Å². The molecule has 2 aromatic carbocycles. The molecule has 4 rings (SSSR count). The SMILES string of the molecule is CC(C)(CCNC(=O)OCC1c2ccccc2-c2ccccc21)C(=O)NC1(C(=O)O)CCC1. The van der Waals surface area contributed by atoms with E-state index in [4.69, 9.17) is 4.74 Å². The largest absolute Gasteiger partial charge is 0.480 e. The van der Waals surface area contributed by atoms with Crippen LogP contribution in [0.4, 0.5) is 4.79 Å². The molecule has 3 N–H and O–H groups in total. The van der Waals surface area contributed by atoms with Crippen molar-refractivity contribution in [2.45, 2.75) is 51.0 Å². The van der Waals surface area contributed by atoms with Crippen molar-refractivity contribution in [1.82, 2.24) is 10.6 Å². The van der Waals surface area contributed by atoms with E-state index < -0.39 is 23.0 Å². The predicted molar refractivity (Wildman–Crippen MR) is 124 cm³/mol. The summed E-state index contributed by atoms with van der Waals surface area (Å²) >= 11 is 0. The Labute approximate surface area is 193 Å². The van der Waals surface area contributed by atoms with Crippen molar-refractivity contribution < 1.29 is 24.2 Å². The zero-order chi connectivity index (χ0) is 23.6. The smallest absolute Gasteiger partial charge is 0.407 e. The molecular formula is C26H30N2O5. The highest BCUT2D eigenvalue weighted by atomic mass is 16.5. The van der Waals surface area contributed by atoms with E-state index in [0.717, 1.165) is 17.5 Å². The second-order valence-electron chi connectivity index (χ2n) is 9.58. The number of carbonyl (C=O) groups is 3. The topological polar surface area (TPSA) is 105 Å². The molecular weight excluding hydrogens is 420 g/mol. The van der Waals surface area contributed by atoms with Gasteiger partial charge in [-0.05, 0) is 47.9 Å². The zero-order valence-corrected chi connectivity index (χ0v) is 19.0. The second kappa shape index (κ2) is 8.89. The van der Waals surface area contributed by atoms with Gasteiger partial charge < -0.3 is 20.5 Å². The fourth-order valence-corrected chi connectivity index (χ4v) is 4.55. The van der Waals surface area contributed by atoms with Crippen molar-refractivity contribution in [2.75, 3.05) is 13.2 Å². The molecule has 1 fully saturated rings. The van der Waals surface area contributed by atoms with E-state index in [1.807, 2.05) is 24.3 Å². The molecule has 2 aliphatic carbocycles. The lowest BCUT2D eigenvalue weighted by atomic mass is 9.75. The van der Waals surface area contributed by atoms with E-state index in [2.05, 4.69) is 34.9 Å². The molecule has 33 heavy (non-hydrogen) atoms. The summed E-state index contributed by atoms with van der Waals surface area (Å²) in [6, 6.07) is 16.3. The minimum Gasteiger partial charge on any atom is -0.480 e. The van der Waals surface area contributed by atoms with Crippen LogP contribution in [0.3, 0.4) is 0 Å². The van der Waals surface area contributed by atoms with Crippen LogP contribution in [0.25, 0.3) is 11.1 Å². The minimum atomic E-state index is -1.14. The summed E-state index contributed by atoms with van der Waals surface area (Å²) in [6.45, 7) is 3.97. The maximum atomic E-state index is 12.7. The van der Waals surface area contributed by atoms with E-state index in [-0.39, 0.29) is 25.0 Å². The average Bonchev–Trinajstić information content (AvgIpc) is 3.08. The van der Waals surface area contributed by atoms with Crippen LogP contribution in [0.2, 0.25) is 0 Å². The fraction of sp³-hybridized carbons (Fsp3) is 0.423. The van der Waals surface area contributed by atoms with Gasteiger partial charge in [0.25, 0.3) is 0 Å². The predicted octanol–water partition coefficient (Wildman–Crippen LogP) is 4.06. The number of hydrogen-bond acceptors (Lipinski definition) is 4. The molecule has 2 aliphatic rings. The first-order valence-corrected chi connectivity index (χ1v) is 11.4. The summed E-state index contributed by atoms with van der Waals surface area (Å²) in [5.74, 6) is -1.33. The highest BCUT2D eigenvalue weighted by molar-refractivity contribution is 5.90. The monoisotopic (exact) mass is 450 g/mol. The first-order valence-electron chi connectivity index (χ1n) is 11.4. The lowest BCUT2D eigenvalue weighted by Crippen LogP contribution is -2.61. The van der Waals surface area contributed by atoms with Gasteiger partial charge in [0, 0.05) is 17.9 Å². The standard InChI is InChI=1S/C26H30N2O5/c1-25(2,22(29)28-26(23(30)31)12-7-13-26)14-15-27-24(32)33-16-21-19-10-5-3-8-17(19)18-9-4-6-11-20(18)21/h3-6,8-11,21H,7,12-16H2,1-2H3,(H,27,32)(H,28,29)(H,30,31). The summed E-state index contributed by atoms with van der Waals surface area (Å²) in [5, 5.41) is 14.9. The summed E-state index contributed by atoms with van der Waals surface area (Å²) in [4.78, 5) is 36.5. The molecule has 0 radical (unpaired) electrons. The lowest BCUT2D eigenvalue weighted by Gasteiger charge is -2.40. The van der Waals surface area contributed by atoms with Gasteiger partial charge in [-0.1, -0.05) is 62.4 Å². The number of nitrogens with one attached hydrogen (secondary N) is 2. The molecule has 0 aromatic heterocycles. The van der Waals surface area contributed by atoms with Crippen molar-refractivity contribution in [3.05, 3.63) is 59.7 Å². The Morgan fingerprint density at radius 1 is 1.03 bits per heavy atom. The van der Waals surface area contributed by atoms with Crippen LogP contribution in [0.15, 0.2) is 48.5 Å². The third kappa shape index (κ3) is 4.45. The number of amides is 2. The number of aliphatic carboxylic acids is 1. The van der Waals surface area contributed by atoms with Crippen LogP contribution in [-0.2, 0) is 14.3 Å². The van der Waals surface area contributed by atoms with Crippen LogP contribution >= 0.6 is 0 Å². The van der Waals surface area contributed by atoms with Crippen molar-refractivity contribution in [3.63, 3.8) is 0 Å². The second-order valence-corrected chi connectivity index (χ2v) is 9.58. The van der Waals surface area contributed by atoms with Crippen LogP contribution in [0.1, 0.15) is 56.6 Å². The fourth-order valence-electron chi connectivity index (χ4n) is 4.55. The van der Waals surface area contributed by atoms with Crippen molar-refractivity contribution in [1.29, 1.82) is 0 Å². The number of hydrogen-bond donors (Lipinski definition) is 3. The number of carbonyl (C=O) groups excluding carboxylic acids is 2. The number of carboxylic acids is 1. The molecule has 0 heterocycles. The quantitative estimate of drug-likeness (QED) is 0.562. The molecule has 174 valence electrons. The Morgan fingerprint density at radius 2 is 1.61 bits per heavy atom. The number of benzene rings is 2. The van der Waals surface area contributed by atoms with E-state index in [1.165, 1.54) is 11.1 Å². The summed E-state index contributed by atoms with van der Waals surface area (Å²) in [6.07, 6.45) is 1.51. The van der Waals surface area contributed by atoms with Gasteiger partial charge in [0.2, 0.25) is 5.91 Å². The maximum Gasteiger partial charge on any atom is 0.407 e. The van der Waals surface area contributed by atoms with Gasteiger partial charge in [-0.2, -0.15) is 0 Å². The number of rotatable bonds is 8. The van der Waals surface area contributed by atoms with Gasteiger partial charge in [-0.15, -0.1) is 0 Å². The molecule has 0 spiro atoms. The van der Waals surface area contributed by atoms with Crippen LogP contribution < -0.4 is 10.6 Å². The first kappa shape index (κ1) is 22.8. The zero-order valence-electron chi connectivity index (χ0n) is 19.0. The van der Waals surface area contributed by atoms with Crippen LogP contribution in [0, 0.1) is 5.41 Å². The minimum absolute atomic E-state index is 0.0138. The number of carboxylic acid groups (broad SMARTS) is 1. The Kier molecular flexibility index (Phi) is 6.15. The van der Waals surface area contributed by atoms with Gasteiger partial charge in [0.05, 0.1) is 0 Å². The number of ether oxygens (including phenoxy) is 1.